The first kappa shape index (κ1) is 25.6. The molecule has 0 spiro atoms. The number of alkyl halides is 3. The molecule has 0 radical (unpaired) electrons. The number of hydrogen-bond acceptors (Lipinski definition) is 9. The van der Waals surface area contributed by atoms with E-state index in [1.54, 1.807) is 6.92 Å². The molecule has 1 aromatic carbocycles. The summed E-state index contributed by atoms with van der Waals surface area (Å²) < 4.78 is 45.1. The Labute approximate surface area is 214 Å². The smallest absolute Gasteiger partial charge is 0.416 e. The molecule has 2 amide bonds. The van der Waals surface area contributed by atoms with Crippen LogP contribution in [0.4, 0.5) is 35.2 Å². The number of fused-ring (bicyclic) bond motifs is 4. The van der Waals surface area contributed by atoms with E-state index in [9.17, 15) is 23.1 Å². The van der Waals surface area contributed by atoms with Crippen molar-refractivity contribution in [2.75, 3.05) is 41.4 Å². The molecule has 14 heteroatoms. The highest BCUT2D eigenvalue weighted by atomic mass is 19.4. The fourth-order valence-corrected chi connectivity index (χ4v) is 4.51. The second kappa shape index (κ2) is 10.0. The van der Waals surface area contributed by atoms with Crippen LogP contribution in [0, 0.1) is 6.92 Å². The van der Waals surface area contributed by atoms with Crippen LogP contribution in [0.15, 0.2) is 36.7 Å². The lowest BCUT2D eigenvalue weighted by atomic mass is 10.1. The van der Waals surface area contributed by atoms with Crippen molar-refractivity contribution < 1.29 is 32.9 Å². The highest BCUT2D eigenvalue weighted by Crippen LogP contribution is 2.42. The maximum Gasteiger partial charge on any atom is 0.416 e. The summed E-state index contributed by atoms with van der Waals surface area (Å²) in [6, 6.07) is 4.02. The molecule has 38 heavy (non-hydrogen) atoms. The number of carbonyl (C=O) groups is 1. The number of amides is 2. The Morgan fingerprint density at radius 2 is 2.03 bits per heavy atom. The molecule has 3 aromatic rings. The lowest BCUT2D eigenvalue weighted by Crippen LogP contribution is -2.48. The number of nitrogens with zero attached hydrogens (tertiary/aromatic N) is 6. The second-order valence-electron chi connectivity index (χ2n) is 8.97. The predicted molar refractivity (Wildman–Crippen MR) is 130 cm³/mol. The fourth-order valence-electron chi connectivity index (χ4n) is 4.51. The Bertz CT molecular complexity index is 1340. The van der Waals surface area contributed by atoms with Crippen LogP contribution in [0.2, 0.25) is 0 Å². The van der Waals surface area contributed by atoms with Gasteiger partial charge in [-0.2, -0.15) is 13.2 Å². The minimum Gasteiger partial charge on any atom is -0.461 e. The molecule has 2 aliphatic heterocycles. The Morgan fingerprint density at radius 1 is 1.26 bits per heavy atom. The topological polar surface area (TPSA) is 137 Å². The van der Waals surface area contributed by atoms with E-state index < -0.39 is 30.5 Å². The van der Waals surface area contributed by atoms with Crippen molar-refractivity contribution in [3.05, 3.63) is 47.9 Å². The number of carbonyl (C=O) groups excluding carboxylic acids is 1. The van der Waals surface area contributed by atoms with Gasteiger partial charge in [0.15, 0.2) is 11.6 Å². The third-order valence-electron chi connectivity index (χ3n) is 6.27. The third kappa shape index (κ3) is 5.04. The van der Waals surface area contributed by atoms with Gasteiger partial charge in [-0.3, -0.25) is 4.90 Å². The van der Waals surface area contributed by atoms with E-state index >= 15 is 0 Å². The van der Waals surface area contributed by atoms with Crippen molar-refractivity contribution in [3.63, 3.8) is 0 Å². The first-order valence-corrected chi connectivity index (χ1v) is 11.8. The summed E-state index contributed by atoms with van der Waals surface area (Å²) in [5.74, 6) is 0.401. The van der Waals surface area contributed by atoms with Crippen LogP contribution in [0.3, 0.4) is 0 Å². The molecule has 2 aromatic heterocycles. The van der Waals surface area contributed by atoms with Crippen LogP contribution in [0.1, 0.15) is 17.7 Å². The molecule has 0 unspecified atom stereocenters. The normalized spacial score (nSPS) is 17.3. The number of aromatic nitrogens is 4. The van der Waals surface area contributed by atoms with Gasteiger partial charge in [-0.05, 0) is 25.5 Å². The quantitative estimate of drug-likeness (QED) is 0.438. The number of aliphatic hydroxyl groups is 2. The van der Waals surface area contributed by atoms with Crippen LogP contribution in [-0.4, -0.2) is 74.6 Å². The third-order valence-corrected chi connectivity index (χ3v) is 6.27. The van der Waals surface area contributed by atoms with Crippen molar-refractivity contribution in [2.24, 2.45) is 0 Å². The van der Waals surface area contributed by atoms with Gasteiger partial charge < -0.3 is 25.2 Å². The largest absolute Gasteiger partial charge is 0.461 e. The van der Waals surface area contributed by atoms with Gasteiger partial charge in [0.1, 0.15) is 18.4 Å². The molecule has 1 fully saturated rings. The zero-order valence-corrected chi connectivity index (χ0v) is 20.2. The Kier molecular flexibility index (Phi) is 6.75. The van der Waals surface area contributed by atoms with Gasteiger partial charge in [0.25, 0.3) is 0 Å². The molecule has 200 valence electrons. The van der Waals surface area contributed by atoms with Crippen molar-refractivity contribution in [3.8, 4) is 17.4 Å². The summed E-state index contributed by atoms with van der Waals surface area (Å²) in [6.45, 7) is 2.33. The fraction of sp³-hybridized carbons (Fsp3) is 0.375. The molecule has 1 saturated heterocycles. The molecule has 0 aliphatic carbocycles. The highest BCUT2D eigenvalue weighted by molar-refractivity contribution is 6.04. The van der Waals surface area contributed by atoms with E-state index in [1.165, 1.54) is 29.4 Å². The molecule has 2 aliphatic rings. The van der Waals surface area contributed by atoms with E-state index in [1.807, 2.05) is 0 Å². The molecule has 0 saturated carbocycles. The molecule has 2 atom stereocenters. The minimum absolute atomic E-state index is 0.0423. The minimum atomic E-state index is -4.52. The predicted octanol–water partition coefficient (Wildman–Crippen LogP) is 2.62. The van der Waals surface area contributed by atoms with Crippen LogP contribution in [0.25, 0.3) is 11.4 Å². The van der Waals surface area contributed by atoms with Gasteiger partial charge in [-0.15, -0.1) is 0 Å². The van der Waals surface area contributed by atoms with Gasteiger partial charge in [0, 0.05) is 18.7 Å². The summed E-state index contributed by atoms with van der Waals surface area (Å²) in [5.41, 5.74) is 0.860. The highest BCUT2D eigenvalue weighted by Gasteiger charge is 2.42. The van der Waals surface area contributed by atoms with Gasteiger partial charge in [-0.1, -0.05) is 12.1 Å². The number of halogens is 3. The molecular weight excluding hydrogens is 507 g/mol. The summed E-state index contributed by atoms with van der Waals surface area (Å²) >= 11 is 0. The molecule has 5 rings (SSSR count). The molecular formula is C24H24F3N7O4. The average Bonchev–Trinajstić information content (AvgIpc) is 3.30. The summed E-state index contributed by atoms with van der Waals surface area (Å²) in [5, 5.41) is 21.0. The Morgan fingerprint density at radius 3 is 2.74 bits per heavy atom. The molecule has 4 heterocycles. The van der Waals surface area contributed by atoms with Crippen molar-refractivity contribution in [1.82, 2.24) is 19.9 Å². The number of anilines is 3. The number of rotatable bonds is 6. The van der Waals surface area contributed by atoms with E-state index in [0.29, 0.717) is 36.7 Å². The standard InChI is InChI=1S/C24H24F3N7O4/c1-13-19-21(32-20(30-13)14-3-2-4-15(7-14)24(25,26)27)34(17-5-6-33(19)10-17)23(37)31-16-8-28-22(29-9-16)38-12-18(36)11-35/h2-4,7-9,17-18,35-36H,5-6,10-12H2,1H3,(H,31,37)/t17-,18+/m0/s1. The monoisotopic (exact) mass is 531 g/mol. The zero-order valence-electron chi connectivity index (χ0n) is 20.2. The van der Waals surface area contributed by atoms with Crippen LogP contribution < -0.4 is 19.9 Å². The SMILES string of the molecule is Cc1nc(-c2cccc(C(F)(F)F)c2)nc2c1N1CC[C@@H](C1)N2C(=O)Nc1cnc(OC[C@H](O)CO)nc1. The first-order chi connectivity index (χ1) is 18.1. The number of urea groups is 1. The summed E-state index contributed by atoms with van der Waals surface area (Å²) in [7, 11) is 0. The van der Waals surface area contributed by atoms with Crippen LogP contribution >= 0.6 is 0 Å². The zero-order chi connectivity index (χ0) is 27.0. The Balaban J connectivity index is 1.43. The van der Waals surface area contributed by atoms with Crippen molar-refractivity contribution in [2.45, 2.75) is 31.7 Å². The molecule has 2 bridgehead atoms. The maximum atomic E-state index is 13.4. The van der Waals surface area contributed by atoms with E-state index in [-0.39, 0.29) is 35.7 Å². The number of nitrogens with one attached hydrogen (secondary N) is 1. The van der Waals surface area contributed by atoms with Crippen LogP contribution in [0.5, 0.6) is 6.01 Å². The maximum absolute atomic E-state index is 13.4. The first-order valence-electron chi connectivity index (χ1n) is 11.8. The van der Waals surface area contributed by atoms with Gasteiger partial charge >= 0.3 is 18.2 Å². The van der Waals surface area contributed by atoms with Gasteiger partial charge in [0.2, 0.25) is 0 Å². The summed E-state index contributed by atoms with van der Waals surface area (Å²) in [6.07, 6.45) is -2.25. The van der Waals surface area contributed by atoms with Crippen LogP contribution in [-0.2, 0) is 6.18 Å². The van der Waals surface area contributed by atoms with Gasteiger partial charge in [-0.25, -0.2) is 24.7 Å². The average molecular weight is 531 g/mol. The van der Waals surface area contributed by atoms with Crippen molar-refractivity contribution in [1.29, 1.82) is 0 Å². The lowest BCUT2D eigenvalue weighted by molar-refractivity contribution is -0.137. The molecule has 11 nitrogen and oxygen atoms in total. The Hall–Kier alpha value is -4.04. The number of hydrogen-bond donors (Lipinski definition) is 3. The second-order valence-corrected chi connectivity index (χ2v) is 8.97. The number of aliphatic hydroxyl groups excluding tert-OH is 2. The van der Waals surface area contributed by atoms with Crippen molar-refractivity contribution >= 4 is 23.2 Å². The van der Waals surface area contributed by atoms with E-state index in [4.69, 9.17) is 9.84 Å². The number of ether oxygens (including phenoxy) is 1. The van der Waals surface area contributed by atoms with E-state index in [2.05, 4.69) is 30.2 Å². The van der Waals surface area contributed by atoms with E-state index in [0.717, 1.165) is 12.1 Å². The lowest BCUT2D eigenvalue weighted by Gasteiger charge is -2.36. The number of aryl methyl sites for hydroxylation is 1. The molecule has 3 N–H and O–H groups in total. The summed E-state index contributed by atoms with van der Waals surface area (Å²) in [4.78, 5) is 34.0. The number of benzene rings is 1. The van der Waals surface area contributed by atoms with Gasteiger partial charge in [0.05, 0.1) is 42.0 Å².